The molecule has 0 saturated carbocycles. The highest BCUT2D eigenvalue weighted by atomic mass is 16.3. The Bertz CT molecular complexity index is 304. The summed E-state index contributed by atoms with van der Waals surface area (Å²) in [4.78, 5) is 25.9. The monoisotopic (exact) mass is 140 g/mol. The van der Waals surface area contributed by atoms with E-state index in [4.69, 9.17) is 5.73 Å². The van der Waals surface area contributed by atoms with Crippen molar-refractivity contribution < 1.29 is 0 Å². The van der Waals surface area contributed by atoms with Gasteiger partial charge in [-0.05, 0) is 5.18 Å². The van der Waals surface area contributed by atoms with Crippen molar-refractivity contribution in [3.63, 3.8) is 0 Å². The number of nitrogen functional groups attached to an aromatic ring is 1. The lowest BCUT2D eigenvalue weighted by Crippen LogP contribution is -2.09. The molecular weight excluding hydrogens is 136 g/mol. The van der Waals surface area contributed by atoms with Crippen molar-refractivity contribution in [1.82, 2.24) is 9.97 Å². The lowest BCUT2D eigenvalue weighted by atomic mass is 10.5. The highest BCUT2D eigenvalue weighted by Crippen LogP contribution is 1.98. The molecule has 0 aliphatic heterocycles. The van der Waals surface area contributed by atoms with Gasteiger partial charge >= 0.3 is 0 Å². The molecule has 6 heteroatoms. The number of H-pyrrole nitrogens is 1. The lowest BCUT2D eigenvalue weighted by molar-refractivity contribution is 1.12. The maximum atomic E-state index is 10.6. The Morgan fingerprint density at radius 3 is 2.90 bits per heavy atom. The van der Waals surface area contributed by atoms with Gasteiger partial charge in [-0.15, -0.1) is 4.91 Å². The minimum Gasteiger partial charge on any atom is -0.369 e. The first-order valence-electron chi connectivity index (χ1n) is 2.42. The average Bonchev–Trinajstić information content (AvgIpc) is 1.88. The van der Waals surface area contributed by atoms with Gasteiger partial charge in [-0.1, -0.05) is 0 Å². The number of hydrogen-bond donors (Lipinski definition) is 2. The molecule has 6 nitrogen and oxygen atoms in total. The van der Waals surface area contributed by atoms with Crippen molar-refractivity contribution in [1.29, 1.82) is 0 Å². The first-order valence-corrected chi connectivity index (χ1v) is 2.42. The molecule has 52 valence electrons. The second kappa shape index (κ2) is 2.26. The number of rotatable bonds is 1. The second-order valence-electron chi connectivity index (χ2n) is 1.57. The number of nitrogens with two attached hydrogens (primary N) is 1. The molecule has 1 aromatic heterocycles. The maximum absolute atomic E-state index is 10.6. The van der Waals surface area contributed by atoms with Crippen LogP contribution in [0.3, 0.4) is 0 Å². The standard InChI is InChI=1S/C4H4N4O2/c5-4-6-1-2(8-10)3(9)7-4/h1H,(H3,5,6,7,9). The van der Waals surface area contributed by atoms with Gasteiger partial charge in [0.15, 0.2) is 11.6 Å². The van der Waals surface area contributed by atoms with Crippen molar-refractivity contribution in [2.24, 2.45) is 5.18 Å². The van der Waals surface area contributed by atoms with E-state index in [0.29, 0.717) is 0 Å². The number of hydrogen-bond acceptors (Lipinski definition) is 5. The van der Waals surface area contributed by atoms with E-state index in [1.165, 1.54) is 0 Å². The molecule has 1 rings (SSSR count). The topological polar surface area (TPSA) is 101 Å². The van der Waals surface area contributed by atoms with Gasteiger partial charge in [0, 0.05) is 0 Å². The molecule has 0 unspecified atom stereocenters. The van der Waals surface area contributed by atoms with E-state index in [9.17, 15) is 9.70 Å². The fourth-order valence-corrected chi connectivity index (χ4v) is 0.467. The van der Waals surface area contributed by atoms with Gasteiger partial charge < -0.3 is 5.73 Å². The summed E-state index contributed by atoms with van der Waals surface area (Å²) in [6, 6.07) is 0. The van der Waals surface area contributed by atoms with Crippen LogP contribution in [0.4, 0.5) is 11.6 Å². The molecule has 0 amide bonds. The molecule has 0 aliphatic rings. The number of nitrogens with zero attached hydrogens (tertiary/aromatic N) is 2. The zero-order valence-electron chi connectivity index (χ0n) is 4.87. The van der Waals surface area contributed by atoms with Crippen molar-refractivity contribution in [3.05, 3.63) is 21.5 Å². The van der Waals surface area contributed by atoms with Crippen LogP contribution in [0.1, 0.15) is 0 Å². The molecule has 0 bridgehead atoms. The van der Waals surface area contributed by atoms with Crippen LogP contribution in [0, 0.1) is 4.91 Å². The molecule has 0 aliphatic carbocycles. The van der Waals surface area contributed by atoms with E-state index in [-0.39, 0.29) is 11.6 Å². The highest BCUT2D eigenvalue weighted by Gasteiger charge is 1.97. The second-order valence-corrected chi connectivity index (χ2v) is 1.57. The van der Waals surface area contributed by atoms with Crippen LogP contribution in [-0.2, 0) is 0 Å². The lowest BCUT2D eigenvalue weighted by Gasteiger charge is -1.88. The molecule has 1 heterocycles. The van der Waals surface area contributed by atoms with Crippen molar-refractivity contribution in [3.8, 4) is 0 Å². The predicted molar refractivity (Wildman–Crippen MR) is 34.7 cm³/mol. The molecule has 0 radical (unpaired) electrons. The van der Waals surface area contributed by atoms with Crippen molar-refractivity contribution >= 4 is 11.6 Å². The Hall–Kier alpha value is -1.72. The molecule has 0 atom stereocenters. The zero-order chi connectivity index (χ0) is 7.56. The normalized spacial score (nSPS) is 9.20. The third kappa shape index (κ3) is 0.993. The van der Waals surface area contributed by atoms with E-state index < -0.39 is 5.56 Å². The molecule has 0 fully saturated rings. The summed E-state index contributed by atoms with van der Waals surface area (Å²) in [5.74, 6) is -0.0302. The quantitative estimate of drug-likeness (QED) is 0.525. The number of anilines is 1. The molecule has 0 aromatic carbocycles. The van der Waals surface area contributed by atoms with Crippen LogP contribution in [-0.4, -0.2) is 9.97 Å². The van der Waals surface area contributed by atoms with Crippen LogP contribution >= 0.6 is 0 Å². The number of nitrogens with one attached hydrogen (secondary N) is 1. The van der Waals surface area contributed by atoms with Gasteiger partial charge in [0.25, 0.3) is 5.56 Å². The van der Waals surface area contributed by atoms with Gasteiger partial charge in [-0.2, -0.15) is 0 Å². The van der Waals surface area contributed by atoms with E-state index in [1.54, 1.807) is 0 Å². The number of nitroso groups, excluding NO2 is 1. The van der Waals surface area contributed by atoms with Gasteiger partial charge in [0.1, 0.15) is 0 Å². The summed E-state index contributed by atoms with van der Waals surface area (Å²) < 4.78 is 0. The molecule has 10 heavy (non-hydrogen) atoms. The van der Waals surface area contributed by atoms with E-state index in [0.717, 1.165) is 6.20 Å². The van der Waals surface area contributed by atoms with Crippen molar-refractivity contribution in [2.45, 2.75) is 0 Å². The van der Waals surface area contributed by atoms with Crippen LogP contribution < -0.4 is 11.3 Å². The smallest absolute Gasteiger partial charge is 0.281 e. The molecule has 0 spiro atoms. The van der Waals surface area contributed by atoms with Crippen LogP contribution in [0.2, 0.25) is 0 Å². The Balaban J connectivity index is 3.33. The Labute approximate surface area is 55.1 Å². The summed E-state index contributed by atoms with van der Waals surface area (Å²) in [5.41, 5.74) is 4.18. The summed E-state index contributed by atoms with van der Waals surface area (Å²) >= 11 is 0. The Morgan fingerprint density at radius 2 is 2.40 bits per heavy atom. The summed E-state index contributed by atoms with van der Waals surface area (Å²) in [6.07, 6.45) is 1.02. The minimum atomic E-state index is -0.623. The average molecular weight is 140 g/mol. The molecule has 0 saturated heterocycles. The van der Waals surface area contributed by atoms with E-state index in [1.807, 2.05) is 0 Å². The fourth-order valence-electron chi connectivity index (χ4n) is 0.467. The van der Waals surface area contributed by atoms with Crippen LogP contribution in [0.15, 0.2) is 16.2 Å². The van der Waals surface area contributed by atoms with Gasteiger partial charge in [-0.25, -0.2) is 4.98 Å². The minimum absolute atomic E-state index is 0.0302. The van der Waals surface area contributed by atoms with E-state index in [2.05, 4.69) is 15.1 Å². The van der Waals surface area contributed by atoms with Crippen molar-refractivity contribution in [2.75, 3.05) is 5.73 Å². The van der Waals surface area contributed by atoms with E-state index >= 15 is 0 Å². The zero-order valence-corrected chi connectivity index (χ0v) is 4.87. The van der Waals surface area contributed by atoms with Crippen LogP contribution in [0.5, 0.6) is 0 Å². The first kappa shape index (κ1) is 6.40. The third-order valence-electron chi connectivity index (χ3n) is 0.899. The SMILES string of the molecule is Nc1ncc(N=O)c(=O)[nH]1. The van der Waals surface area contributed by atoms with Gasteiger partial charge in [-0.3, -0.25) is 9.78 Å². The summed E-state index contributed by atoms with van der Waals surface area (Å²) in [5, 5.41) is 2.40. The number of aromatic amines is 1. The van der Waals surface area contributed by atoms with Gasteiger partial charge in [0.05, 0.1) is 6.20 Å². The predicted octanol–water partition coefficient (Wildman–Crippen LogP) is -0.250. The summed E-state index contributed by atoms with van der Waals surface area (Å²) in [6.45, 7) is 0. The molecule has 3 N–H and O–H groups in total. The largest absolute Gasteiger partial charge is 0.369 e. The first-order chi connectivity index (χ1) is 4.74. The third-order valence-corrected chi connectivity index (χ3v) is 0.899. The maximum Gasteiger partial charge on any atom is 0.281 e. The summed E-state index contributed by atoms with van der Waals surface area (Å²) in [7, 11) is 0. The molecular formula is C4H4N4O2. The highest BCUT2D eigenvalue weighted by molar-refractivity contribution is 5.32. The number of aromatic nitrogens is 2. The van der Waals surface area contributed by atoms with Crippen LogP contribution in [0.25, 0.3) is 0 Å². The van der Waals surface area contributed by atoms with Gasteiger partial charge in [0.2, 0.25) is 0 Å². The Kier molecular flexibility index (Phi) is 1.44. The molecule has 1 aromatic rings. The fraction of sp³-hybridized carbons (Fsp3) is 0. The Morgan fingerprint density at radius 1 is 1.70 bits per heavy atom.